The number of carbonyl (C=O) groups is 1. The van der Waals surface area contributed by atoms with Crippen LogP contribution in [0.25, 0.3) is 11.1 Å². The summed E-state index contributed by atoms with van der Waals surface area (Å²) in [7, 11) is 1.65. The average molecular weight is 351 g/mol. The molecule has 1 amide bonds. The first kappa shape index (κ1) is 16.6. The number of benzene rings is 1. The molecule has 0 spiro atoms. The number of carbonyl (C=O) groups excluding carboxylic acids is 1. The van der Waals surface area contributed by atoms with E-state index in [1.54, 1.807) is 31.4 Å². The number of likely N-dealkylation sites (tertiary alicyclic amines) is 1. The third kappa shape index (κ3) is 3.14. The molecule has 0 bridgehead atoms. The van der Waals surface area contributed by atoms with E-state index in [1.807, 2.05) is 17.2 Å². The number of oxazole rings is 1. The number of hydrogen-bond donors (Lipinski definition) is 0. The smallest absolute Gasteiger partial charge is 0.408 e. The van der Waals surface area contributed by atoms with Crippen LogP contribution in [0.2, 0.25) is 0 Å². The molecule has 1 aliphatic rings. The van der Waals surface area contributed by atoms with Crippen LogP contribution in [0, 0.1) is 5.92 Å². The first-order chi connectivity index (χ1) is 12.6. The van der Waals surface area contributed by atoms with Gasteiger partial charge in [0, 0.05) is 38.1 Å². The minimum atomic E-state index is -0.417. The molecule has 0 aliphatic carbocycles. The summed E-state index contributed by atoms with van der Waals surface area (Å²) in [6, 6.07) is 9.21. The molecule has 2 aromatic heterocycles. The van der Waals surface area contributed by atoms with Crippen molar-refractivity contribution in [1.82, 2.24) is 14.5 Å². The Morgan fingerprint density at radius 2 is 2.23 bits per heavy atom. The number of aromatic nitrogens is 2. The molecule has 1 aromatic carbocycles. The van der Waals surface area contributed by atoms with Crippen molar-refractivity contribution in [3.05, 3.63) is 64.4 Å². The summed E-state index contributed by atoms with van der Waals surface area (Å²) in [6.07, 6.45) is 6.73. The van der Waals surface area contributed by atoms with Crippen molar-refractivity contribution in [3.63, 3.8) is 0 Å². The molecule has 26 heavy (non-hydrogen) atoms. The zero-order valence-corrected chi connectivity index (χ0v) is 14.7. The number of aryl methyl sites for hydroxylation is 1. The van der Waals surface area contributed by atoms with Crippen LogP contribution < -0.4 is 5.76 Å². The van der Waals surface area contributed by atoms with Gasteiger partial charge < -0.3 is 9.32 Å². The minimum Gasteiger partial charge on any atom is -0.408 e. The summed E-state index contributed by atoms with van der Waals surface area (Å²) in [5.41, 5.74) is 2.95. The Balaban J connectivity index is 1.52. The van der Waals surface area contributed by atoms with Gasteiger partial charge in [0.1, 0.15) is 0 Å². The molecule has 3 heterocycles. The first-order valence-electron chi connectivity index (χ1n) is 8.89. The molecule has 1 fully saturated rings. The maximum Gasteiger partial charge on any atom is 0.419 e. The summed E-state index contributed by atoms with van der Waals surface area (Å²) >= 11 is 0. The number of fused-ring (bicyclic) bond motifs is 1. The lowest BCUT2D eigenvalue weighted by Gasteiger charge is -2.33. The fourth-order valence-electron chi connectivity index (χ4n) is 3.71. The standard InChI is InChI=1S/C20H21N3O3/c1-22-17-11-16(6-7-18(17)26-20(22)25)19(24)23-9-3-5-15(13-23)10-14-4-2-8-21-12-14/h2,4,6-8,11-12,15H,3,5,9-10,13H2,1H3. The quantitative estimate of drug-likeness (QED) is 0.727. The van der Waals surface area contributed by atoms with E-state index in [2.05, 4.69) is 11.1 Å². The van der Waals surface area contributed by atoms with Crippen LogP contribution in [0.15, 0.2) is 51.9 Å². The molecule has 3 aromatic rings. The Hall–Kier alpha value is -2.89. The molecule has 1 atom stereocenters. The lowest BCUT2D eigenvalue weighted by Crippen LogP contribution is -2.40. The lowest BCUT2D eigenvalue weighted by molar-refractivity contribution is 0.0673. The Kier molecular flexibility index (Phi) is 4.32. The van der Waals surface area contributed by atoms with Gasteiger partial charge in [-0.15, -0.1) is 0 Å². The van der Waals surface area contributed by atoms with Gasteiger partial charge in [0.25, 0.3) is 5.91 Å². The van der Waals surface area contributed by atoms with Gasteiger partial charge in [-0.05, 0) is 55.0 Å². The van der Waals surface area contributed by atoms with E-state index in [4.69, 9.17) is 4.42 Å². The van der Waals surface area contributed by atoms with Crippen molar-refractivity contribution in [3.8, 4) is 0 Å². The van der Waals surface area contributed by atoms with Crippen LogP contribution in [0.5, 0.6) is 0 Å². The summed E-state index contributed by atoms with van der Waals surface area (Å²) in [5, 5.41) is 0. The Morgan fingerprint density at radius 3 is 3.04 bits per heavy atom. The molecule has 6 heteroatoms. The van der Waals surface area contributed by atoms with Gasteiger partial charge in [-0.25, -0.2) is 4.79 Å². The molecular weight excluding hydrogens is 330 g/mol. The van der Waals surface area contributed by atoms with Crippen molar-refractivity contribution in [2.45, 2.75) is 19.3 Å². The van der Waals surface area contributed by atoms with Crippen LogP contribution in [0.4, 0.5) is 0 Å². The van der Waals surface area contributed by atoms with Gasteiger partial charge in [0.2, 0.25) is 0 Å². The predicted molar refractivity (Wildman–Crippen MR) is 98.0 cm³/mol. The number of hydrogen-bond acceptors (Lipinski definition) is 4. The third-order valence-corrected chi connectivity index (χ3v) is 5.09. The fourth-order valence-corrected chi connectivity index (χ4v) is 3.71. The number of pyridine rings is 1. The maximum atomic E-state index is 13.0. The van der Waals surface area contributed by atoms with Crippen molar-refractivity contribution in [1.29, 1.82) is 0 Å². The summed E-state index contributed by atoms with van der Waals surface area (Å²) in [4.78, 5) is 30.7. The number of piperidine rings is 1. The van der Waals surface area contributed by atoms with Crippen molar-refractivity contribution in [2.75, 3.05) is 13.1 Å². The molecular formula is C20H21N3O3. The lowest BCUT2D eigenvalue weighted by atomic mass is 9.91. The van der Waals surface area contributed by atoms with E-state index in [0.717, 1.165) is 32.4 Å². The molecule has 134 valence electrons. The van der Waals surface area contributed by atoms with Crippen LogP contribution in [-0.2, 0) is 13.5 Å². The molecule has 4 rings (SSSR count). The van der Waals surface area contributed by atoms with E-state index in [-0.39, 0.29) is 5.91 Å². The second kappa shape index (κ2) is 6.78. The number of nitrogens with zero attached hydrogens (tertiary/aromatic N) is 3. The van der Waals surface area contributed by atoms with E-state index in [0.29, 0.717) is 22.6 Å². The van der Waals surface area contributed by atoms with Crippen LogP contribution in [0.3, 0.4) is 0 Å². The highest BCUT2D eigenvalue weighted by atomic mass is 16.4. The molecule has 1 aliphatic heterocycles. The van der Waals surface area contributed by atoms with Gasteiger partial charge in [0.15, 0.2) is 5.58 Å². The first-order valence-corrected chi connectivity index (χ1v) is 8.89. The molecule has 1 saturated heterocycles. The molecule has 1 unspecified atom stereocenters. The topological polar surface area (TPSA) is 68.3 Å². The van der Waals surface area contributed by atoms with E-state index >= 15 is 0 Å². The minimum absolute atomic E-state index is 0.0106. The van der Waals surface area contributed by atoms with Crippen molar-refractivity contribution >= 4 is 17.0 Å². The number of rotatable bonds is 3. The van der Waals surface area contributed by atoms with Crippen molar-refractivity contribution < 1.29 is 9.21 Å². The average Bonchev–Trinajstić information content (AvgIpc) is 2.96. The predicted octanol–water partition coefficient (Wildman–Crippen LogP) is 2.62. The van der Waals surface area contributed by atoms with E-state index < -0.39 is 5.76 Å². The summed E-state index contributed by atoms with van der Waals surface area (Å²) < 4.78 is 6.56. The second-order valence-electron chi connectivity index (χ2n) is 6.93. The molecule has 0 N–H and O–H groups in total. The van der Waals surface area contributed by atoms with Gasteiger partial charge >= 0.3 is 5.76 Å². The fraction of sp³-hybridized carbons (Fsp3) is 0.350. The normalized spacial score (nSPS) is 17.6. The molecule has 6 nitrogen and oxygen atoms in total. The van der Waals surface area contributed by atoms with Gasteiger partial charge in [0.05, 0.1) is 5.52 Å². The van der Waals surface area contributed by atoms with Crippen molar-refractivity contribution in [2.24, 2.45) is 13.0 Å². The van der Waals surface area contributed by atoms with Gasteiger partial charge in [-0.2, -0.15) is 0 Å². The zero-order valence-electron chi connectivity index (χ0n) is 14.7. The zero-order chi connectivity index (χ0) is 18.1. The highest BCUT2D eigenvalue weighted by molar-refractivity contribution is 5.97. The van der Waals surface area contributed by atoms with Gasteiger partial charge in [-0.3, -0.25) is 14.3 Å². The molecule has 0 radical (unpaired) electrons. The van der Waals surface area contributed by atoms with Crippen LogP contribution >= 0.6 is 0 Å². The maximum absolute atomic E-state index is 13.0. The summed E-state index contributed by atoms with van der Waals surface area (Å²) in [6.45, 7) is 1.51. The van der Waals surface area contributed by atoms with Crippen LogP contribution in [0.1, 0.15) is 28.8 Å². The second-order valence-corrected chi connectivity index (χ2v) is 6.93. The largest absolute Gasteiger partial charge is 0.419 e. The monoisotopic (exact) mass is 351 g/mol. The highest BCUT2D eigenvalue weighted by Gasteiger charge is 2.25. The Bertz CT molecular complexity index is 990. The van der Waals surface area contributed by atoms with E-state index in [1.165, 1.54) is 10.1 Å². The van der Waals surface area contributed by atoms with Gasteiger partial charge in [-0.1, -0.05) is 6.07 Å². The third-order valence-electron chi connectivity index (χ3n) is 5.09. The highest BCUT2D eigenvalue weighted by Crippen LogP contribution is 2.23. The SMILES string of the molecule is Cn1c(=O)oc2ccc(C(=O)N3CCCC(Cc4cccnc4)C3)cc21. The number of amides is 1. The summed E-state index contributed by atoms with van der Waals surface area (Å²) in [5.74, 6) is 0.0365. The van der Waals surface area contributed by atoms with Crippen LogP contribution in [-0.4, -0.2) is 33.4 Å². The molecule has 0 saturated carbocycles. The Morgan fingerprint density at radius 1 is 1.35 bits per heavy atom. The Labute approximate surface area is 151 Å². The van der Waals surface area contributed by atoms with E-state index in [9.17, 15) is 9.59 Å².